The third kappa shape index (κ3) is 9.11. The summed E-state index contributed by atoms with van der Waals surface area (Å²) in [7, 11) is 0. The third-order valence-electron chi connectivity index (χ3n) is 29.9. The molecule has 0 N–H and O–H groups in total. The topological polar surface area (TPSA) is 56.6 Å². The van der Waals surface area contributed by atoms with Crippen molar-refractivity contribution in [2.45, 2.75) is 77.0 Å². The zero-order valence-electron chi connectivity index (χ0n) is 69.9. The molecule has 0 bridgehead atoms. The predicted molar refractivity (Wildman–Crippen MR) is 520 cm³/mol. The summed E-state index contributed by atoms with van der Waals surface area (Å²) >= 11 is 0. The lowest BCUT2D eigenvalue weighted by molar-refractivity contribution is 0.645. The smallest absolute Gasteiger partial charge is 0.247 e. The van der Waals surface area contributed by atoms with Gasteiger partial charge in [-0.25, -0.2) is 14.5 Å². The third-order valence-corrected chi connectivity index (χ3v) is 29.9. The minimum Gasteiger partial charge on any atom is -0.312 e. The second-order valence-electron chi connectivity index (χ2n) is 37.1. The molecule has 0 spiro atoms. The van der Waals surface area contributed by atoms with Crippen molar-refractivity contribution in [3.63, 3.8) is 0 Å². The van der Waals surface area contributed by atoms with Gasteiger partial charge in [-0.05, 0) is 143 Å². The van der Waals surface area contributed by atoms with Crippen LogP contribution in [-0.2, 0) is 21.7 Å². The van der Waals surface area contributed by atoms with E-state index in [4.69, 9.17) is 19.7 Å². The molecule has 0 radical (unpaired) electrons. The Labute approximate surface area is 720 Å². The maximum Gasteiger partial charge on any atom is 0.247 e. The Morgan fingerprint density at radius 3 is 1.05 bits per heavy atom. The SMILES string of the molecule is CC1(C)c2cc(C#N)ccc2B2c3c(cccc31)-n1c3ccccc3c3cccc2c31.[C-]#[N+]c1ccc2c(c1)B1c3c(cccc3C2(C)C)-n2c3ccccc3c3cccc1c32.[C-]#[N+]c1ccc2c3ccccc3n3c2c1B1c2ccccc2C(C)(C)c2cccc-3c21.[C-]#[N+]c1cccc2c1B1c3c(cccc3C2(C)C)-n2c3ccccc3c3cccc1c32. The molecular formula is C112H76B4N8. The van der Waals surface area contributed by atoms with Crippen LogP contribution in [0.1, 0.15) is 105 Å². The minimum absolute atomic E-state index is 0.0834. The van der Waals surface area contributed by atoms with Crippen LogP contribution in [0, 0.1) is 31.0 Å². The molecule has 0 atom stereocenters. The standard InChI is InChI=1S/4C28H19BN2/c1-28(2)19-10-5-6-12-21(19)29-25-20(28)11-8-14-24(25)31-23-13-7-4-9-17(23)18-15-16-22(30-3)26(29)27(18)31;1-28(2)19-11-7-14-22(30-3)25(19)29-21-13-6-10-18-17-9-4-5-15-23(17)31(27(18)21)24-16-8-12-20(28)26(24)29;1-28(2)20-15-14-17(30-3)16-23(20)29-22-11-6-9-19-18-8-4-5-12-24(18)31(27(19)22)25-13-7-10-21(28)26(25)29;1-28(2)20-9-6-12-25-26(20)29(22-14-13-17(16-30)15-21(22)28)23-10-5-8-19-18-7-3-4-11-24(18)31(25)27(19)23/h3*4-16H,1-2H3;3-15H,1-2H3. The molecule has 8 aliphatic rings. The lowest BCUT2D eigenvalue weighted by Gasteiger charge is -2.42. The molecule has 20 aromatic rings. The summed E-state index contributed by atoms with van der Waals surface area (Å²) in [6.07, 6.45) is 0. The van der Waals surface area contributed by atoms with Gasteiger partial charge in [0.1, 0.15) is 0 Å². The summed E-state index contributed by atoms with van der Waals surface area (Å²) in [6.45, 7) is 42.5. The Balaban J connectivity index is 0.0000000906. The minimum atomic E-state index is -0.168. The van der Waals surface area contributed by atoms with Gasteiger partial charge >= 0.3 is 0 Å². The molecule has 0 saturated heterocycles. The number of aromatic nitrogens is 4. The van der Waals surface area contributed by atoms with E-state index in [9.17, 15) is 5.26 Å². The van der Waals surface area contributed by atoms with Gasteiger partial charge in [0.15, 0.2) is 17.1 Å². The van der Waals surface area contributed by atoms with Crippen molar-refractivity contribution < 1.29 is 0 Å². The summed E-state index contributed by atoms with van der Waals surface area (Å²) < 4.78 is 9.81. The highest BCUT2D eigenvalue weighted by Crippen LogP contribution is 2.47. The predicted octanol–water partition coefficient (Wildman–Crippen LogP) is 18.5. The van der Waals surface area contributed by atoms with Gasteiger partial charge in [-0.3, -0.25) is 0 Å². The first kappa shape index (κ1) is 71.8. The number of nitrogens with zero attached hydrogens (tertiary/aromatic N) is 8. The van der Waals surface area contributed by atoms with Crippen LogP contribution in [0.3, 0.4) is 0 Å². The highest BCUT2D eigenvalue weighted by Gasteiger charge is 2.51. The van der Waals surface area contributed by atoms with Gasteiger partial charge in [-0.2, -0.15) is 5.26 Å². The normalized spacial score (nSPS) is 14.9. The van der Waals surface area contributed by atoms with Gasteiger partial charge in [-0.15, -0.1) is 0 Å². The van der Waals surface area contributed by atoms with Gasteiger partial charge in [-0.1, -0.05) is 338 Å². The number of hydrogen-bond donors (Lipinski definition) is 0. The van der Waals surface area contributed by atoms with E-state index in [0.717, 1.165) is 22.4 Å². The monoisotopic (exact) mass is 1580 g/mol. The summed E-state index contributed by atoms with van der Waals surface area (Å²) in [5, 5.41) is 19.8. The average Bonchev–Trinajstić information content (AvgIpc) is 1.47. The molecule has 12 heterocycles. The molecular weight excluding hydrogens is 1500 g/mol. The van der Waals surface area contributed by atoms with Gasteiger partial charge < -0.3 is 18.3 Å². The van der Waals surface area contributed by atoms with Crippen LogP contribution in [0.5, 0.6) is 0 Å². The van der Waals surface area contributed by atoms with Crippen LogP contribution in [0.2, 0.25) is 0 Å². The quantitative estimate of drug-likeness (QED) is 0.110. The zero-order valence-corrected chi connectivity index (χ0v) is 69.9. The molecule has 0 saturated carbocycles. The highest BCUT2D eigenvalue weighted by atomic mass is 15.0. The fourth-order valence-electron chi connectivity index (χ4n) is 24.8. The van der Waals surface area contributed by atoms with E-state index in [1.54, 1.807) is 0 Å². The van der Waals surface area contributed by atoms with E-state index in [0.29, 0.717) is 5.69 Å². The Hall–Kier alpha value is -15.1. The molecule has 4 aromatic heterocycles. The van der Waals surface area contributed by atoms with Crippen molar-refractivity contribution in [1.29, 1.82) is 5.26 Å². The lowest BCUT2D eigenvalue weighted by Crippen LogP contribution is -2.63. The first-order valence-electron chi connectivity index (χ1n) is 43.2. The van der Waals surface area contributed by atoms with Gasteiger partial charge in [0.05, 0.1) is 53.4 Å². The average molecular weight is 1580 g/mol. The van der Waals surface area contributed by atoms with Crippen molar-refractivity contribution in [1.82, 2.24) is 18.3 Å². The van der Waals surface area contributed by atoms with Crippen molar-refractivity contribution in [3.05, 3.63) is 400 Å². The van der Waals surface area contributed by atoms with E-state index in [1.807, 2.05) is 30.3 Å². The number of nitriles is 1. The largest absolute Gasteiger partial charge is 0.312 e. The summed E-state index contributed by atoms with van der Waals surface area (Å²) in [4.78, 5) is 11.8. The Morgan fingerprint density at radius 1 is 0.250 bits per heavy atom. The lowest BCUT2D eigenvalue weighted by atomic mass is 9.30. The molecule has 0 aliphatic carbocycles. The zero-order chi connectivity index (χ0) is 83.6. The Morgan fingerprint density at radius 2 is 0.581 bits per heavy atom. The van der Waals surface area contributed by atoms with Gasteiger partial charge in [0.2, 0.25) is 26.9 Å². The fraction of sp³-hybridized carbons (Fsp3) is 0.107. The van der Waals surface area contributed by atoms with E-state index in [1.165, 1.54) is 215 Å². The van der Waals surface area contributed by atoms with Gasteiger partial charge in [0.25, 0.3) is 0 Å². The van der Waals surface area contributed by atoms with Crippen LogP contribution in [-0.4, -0.2) is 45.1 Å². The maximum atomic E-state index is 9.56. The van der Waals surface area contributed by atoms with Crippen LogP contribution >= 0.6 is 0 Å². The first-order valence-corrected chi connectivity index (χ1v) is 43.2. The molecule has 124 heavy (non-hydrogen) atoms. The second kappa shape index (κ2) is 25.3. The van der Waals surface area contributed by atoms with E-state index < -0.39 is 0 Å². The number of rotatable bonds is 0. The summed E-state index contributed by atoms with van der Waals surface area (Å²) in [6, 6.07) is 116. The van der Waals surface area contributed by atoms with Crippen LogP contribution in [0.4, 0.5) is 17.1 Å². The second-order valence-corrected chi connectivity index (χ2v) is 37.1. The molecule has 8 aliphatic heterocycles. The van der Waals surface area contributed by atoms with E-state index in [2.05, 4.69) is 379 Å². The Bertz CT molecular complexity index is 8470. The highest BCUT2D eigenvalue weighted by molar-refractivity contribution is 7.02. The summed E-state index contributed by atoms with van der Waals surface area (Å²) in [5.74, 6) is 0. The maximum absolute atomic E-state index is 9.56. The molecule has 8 nitrogen and oxygen atoms in total. The Kier molecular flexibility index (Phi) is 14.6. The summed E-state index contributed by atoms with van der Waals surface area (Å²) in [5.41, 5.74) is 44.1. The molecule has 12 heteroatoms. The number of para-hydroxylation sites is 7. The fourth-order valence-corrected chi connectivity index (χ4v) is 24.8. The molecule has 0 amide bonds. The van der Waals surface area contributed by atoms with Crippen LogP contribution in [0.25, 0.3) is 125 Å². The number of hydrogen-bond acceptors (Lipinski definition) is 1. The first-order chi connectivity index (χ1) is 60.5. The van der Waals surface area contributed by atoms with Gasteiger partial charge in [0, 0.05) is 110 Å². The van der Waals surface area contributed by atoms with Crippen molar-refractivity contribution in [2.24, 2.45) is 0 Å². The molecule has 576 valence electrons. The van der Waals surface area contributed by atoms with Crippen LogP contribution in [0.15, 0.2) is 315 Å². The van der Waals surface area contributed by atoms with E-state index in [-0.39, 0.29) is 48.5 Å². The van der Waals surface area contributed by atoms with Crippen molar-refractivity contribution >= 4 is 197 Å². The number of fused-ring (bicyclic) bond motifs is 28. The van der Waals surface area contributed by atoms with Crippen LogP contribution < -0.4 is 65.6 Å². The molecule has 0 fully saturated rings. The number of benzene rings is 16. The van der Waals surface area contributed by atoms with E-state index >= 15 is 0 Å². The molecule has 16 aromatic carbocycles. The van der Waals surface area contributed by atoms with Crippen molar-refractivity contribution in [3.8, 4) is 28.8 Å². The molecule has 0 unspecified atom stereocenters. The molecule has 28 rings (SSSR count). The van der Waals surface area contributed by atoms with Crippen molar-refractivity contribution in [2.75, 3.05) is 0 Å².